The molecule has 1 aliphatic rings. The lowest BCUT2D eigenvalue weighted by Crippen LogP contribution is -2.31. The van der Waals surface area contributed by atoms with E-state index < -0.39 is 11.5 Å². The first kappa shape index (κ1) is 8.17. The van der Waals surface area contributed by atoms with E-state index in [-0.39, 0.29) is 0 Å². The lowest BCUT2D eigenvalue weighted by atomic mass is 10.3. The summed E-state index contributed by atoms with van der Waals surface area (Å²) in [6, 6.07) is 0. The van der Waals surface area contributed by atoms with E-state index >= 15 is 0 Å². The van der Waals surface area contributed by atoms with Crippen molar-refractivity contribution >= 4 is 5.97 Å². The van der Waals surface area contributed by atoms with Crippen LogP contribution in [0.2, 0.25) is 0 Å². The third-order valence-electron chi connectivity index (χ3n) is 1.21. The van der Waals surface area contributed by atoms with Gasteiger partial charge in [-0.15, -0.1) is 13.2 Å². The second-order valence-electron chi connectivity index (χ2n) is 1.96. The topological polar surface area (TPSA) is 63.3 Å². The van der Waals surface area contributed by atoms with E-state index in [2.05, 4.69) is 13.2 Å². The van der Waals surface area contributed by atoms with E-state index in [4.69, 9.17) is 10.8 Å². The van der Waals surface area contributed by atoms with Gasteiger partial charge >= 0.3 is 5.97 Å². The zero-order chi connectivity index (χ0) is 7.49. The predicted molar refractivity (Wildman–Crippen MR) is 35.0 cm³/mol. The van der Waals surface area contributed by atoms with Gasteiger partial charge in [0.05, 0.1) is 0 Å². The smallest absolute Gasteiger partial charge is 0.323 e. The second kappa shape index (κ2) is 2.64. The first-order valence-electron chi connectivity index (χ1n) is 2.67. The zero-order valence-corrected chi connectivity index (χ0v) is 5.26. The average molecular weight is 129 g/mol. The van der Waals surface area contributed by atoms with Crippen molar-refractivity contribution in [2.24, 2.45) is 5.73 Å². The Morgan fingerprint density at radius 3 is 1.89 bits per heavy atom. The molecule has 0 aromatic rings. The summed E-state index contributed by atoms with van der Waals surface area (Å²) in [7, 11) is 0. The predicted octanol–water partition coefficient (Wildman–Crippen LogP) is 0.364. The first-order chi connectivity index (χ1) is 4.15. The molecule has 0 atom stereocenters. The molecular formula is C6H11NO2. The molecule has 0 aromatic heterocycles. The highest BCUT2D eigenvalue weighted by molar-refractivity contribution is 5.81. The lowest BCUT2D eigenvalue weighted by Gasteiger charge is -1.95. The minimum atomic E-state index is -0.868. The standard InChI is InChI=1S/C4H7NO2.C2H4/c5-4(1-2-4)3(6)7;1-2/h1-2,5H2,(H,6,7);1-2H2. The number of hydrogen-bond donors (Lipinski definition) is 2. The number of nitrogens with two attached hydrogens (primary N) is 1. The van der Waals surface area contributed by atoms with Crippen molar-refractivity contribution in [3.05, 3.63) is 13.2 Å². The molecule has 9 heavy (non-hydrogen) atoms. The number of carbonyl (C=O) groups is 1. The molecule has 3 nitrogen and oxygen atoms in total. The molecule has 1 fully saturated rings. The van der Waals surface area contributed by atoms with Crippen LogP contribution in [-0.4, -0.2) is 16.6 Å². The fourth-order valence-electron chi connectivity index (χ4n) is 0.349. The highest BCUT2D eigenvalue weighted by atomic mass is 16.4. The van der Waals surface area contributed by atoms with Crippen LogP contribution in [0.5, 0.6) is 0 Å². The maximum atomic E-state index is 9.96. The lowest BCUT2D eigenvalue weighted by molar-refractivity contribution is -0.139. The van der Waals surface area contributed by atoms with E-state index in [9.17, 15) is 4.79 Å². The Morgan fingerprint density at radius 2 is 1.89 bits per heavy atom. The van der Waals surface area contributed by atoms with Gasteiger partial charge in [-0.2, -0.15) is 0 Å². The molecule has 0 unspecified atom stereocenters. The van der Waals surface area contributed by atoms with Gasteiger partial charge in [0.2, 0.25) is 0 Å². The summed E-state index contributed by atoms with van der Waals surface area (Å²) in [5.41, 5.74) is 4.36. The Labute approximate surface area is 54.2 Å². The summed E-state index contributed by atoms with van der Waals surface area (Å²) < 4.78 is 0. The number of carboxylic acids is 1. The molecule has 0 saturated heterocycles. The van der Waals surface area contributed by atoms with E-state index in [1.165, 1.54) is 0 Å². The molecule has 1 saturated carbocycles. The van der Waals surface area contributed by atoms with Gasteiger partial charge in [-0.1, -0.05) is 0 Å². The van der Waals surface area contributed by atoms with Gasteiger partial charge < -0.3 is 10.8 Å². The first-order valence-corrected chi connectivity index (χ1v) is 2.67. The Morgan fingerprint density at radius 1 is 1.56 bits per heavy atom. The van der Waals surface area contributed by atoms with Crippen molar-refractivity contribution in [1.29, 1.82) is 0 Å². The summed E-state index contributed by atoms with van der Waals surface area (Å²) in [5.74, 6) is -0.868. The van der Waals surface area contributed by atoms with Gasteiger partial charge in [-0.25, -0.2) is 0 Å². The van der Waals surface area contributed by atoms with Gasteiger partial charge in [-0.3, -0.25) is 4.79 Å². The van der Waals surface area contributed by atoms with Crippen molar-refractivity contribution in [3.8, 4) is 0 Å². The van der Waals surface area contributed by atoms with Crippen molar-refractivity contribution in [2.75, 3.05) is 0 Å². The van der Waals surface area contributed by atoms with Crippen molar-refractivity contribution in [3.63, 3.8) is 0 Å². The molecule has 0 aromatic carbocycles. The van der Waals surface area contributed by atoms with Crippen LogP contribution in [0, 0.1) is 0 Å². The third-order valence-corrected chi connectivity index (χ3v) is 1.21. The summed E-state index contributed by atoms with van der Waals surface area (Å²) in [4.78, 5) is 9.96. The number of carboxylic acid groups (broad SMARTS) is 1. The van der Waals surface area contributed by atoms with E-state index in [1.54, 1.807) is 0 Å². The van der Waals surface area contributed by atoms with E-state index in [0.29, 0.717) is 12.8 Å². The van der Waals surface area contributed by atoms with Gasteiger partial charge in [0.15, 0.2) is 0 Å². The number of hydrogen-bond acceptors (Lipinski definition) is 2. The Hall–Kier alpha value is -0.830. The highest BCUT2D eigenvalue weighted by Crippen LogP contribution is 2.31. The van der Waals surface area contributed by atoms with Gasteiger partial charge in [-0.05, 0) is 12.8 Å². The molecule has 0 amide bonds. The Balaban J connectivity index is 0.000000291. The van der Waals surface area contributed by atoms with Crippen LogP contribution in [0.4, 0.5) is 0 Å². The third kappa shape index (κ3) is 1.85. The summed E-state index contributed by atoms with van der Waals surface area (Å²) in [6.45, 7) is 6.00. The molecule has 3 heteroatoms. The van der Waals surface area contributed by atoms with Crippen LogP contribution in [-0.2, 0) is 4.79 Å². The normalized spacial score (nSPS) is 19.2. The molecule has 1 rings (SSSR count). The molecule has 0 radical (unpaired) electrons. The Kier molecular flexibility index (Phi) is 2.40. The fraction of sp³-hybridized carbons (Fsp3) is 0.500. The van der Waals surface area contributed by atoms with Crippen LogP contribution in [0.15, 0.2) is 13.2 Å². The highest BCUT2D eigenvalue weighted by Gasteiger charge is 2.46. The molecule has 0 aliphatic heterocycles. The van der Waals surface area contributed by atoms with Gasteiger partial charge in [0, 0.05) is 0 Å². The van der Waals surface area contributed by atoms with Crippen molar-refractivity contribution in [1.82, 2.24) is 0 Å². The van der Waals surface area contributed by atoms with Crippen molar-refractivity contribution in [2.45, 2.75) is 18.4 Å². The molecule has 1 aliphatic carbocycles. The van der Waals surface area contributed by atoms with Crippen LogP contribution >= 0.6 is 0 Å². The Bertz CT molecular complexity index is 118. The molecule has 0 spiro atoms. The quantitative estimate of drug-likeness (QED) is 0.502. The monoisotopic (exact) mass is 129 g/mol. The van der Waals surface area contributed by atoms with Crippen LogP contribution in [0.3, 0.4) is 0 Å². The SMILES string of the molecule is C=C.NC1(C(=O)O)CC1. The maximum Gasteiger partial charge on any atom is 0.323 e. The fourth-order valence-corrected chi connectivity index (χ4v) is 0.349. The van der Waals surface area contributed by atoms with E-state index in [1.807, 2.05) is 0 Å². The van der Waals surface area contributed by atoms with Crippen LogP contribution in [0.25, 0.3) is 0 Å². The number of aliphatic carboxylic acids is 1. The van der Waals surface area contributed by atoms with Gasteiger partial charge in [0.25, 0.3) is 0 Å². The molecule has 3 N–H and O–H groups in total. The largest absolute Gasteiger partial charge is 0.480 e. The van der Waals surface area contributed by atoms with E-state index in [0.717, 1.165) is 0 Å². The molecule has 0 heterocycles. The molecule has 52 valence electrons. The molecule has 0 bridgehead atoms. The number of rotatable bonds is 1. The second-order valence-corrected chi connectivity index (χ2v) is 1.96. The van der Waals surface area contributed by atoms with Crippen molar-refractivity contribution < 1.29 is 9.90 Å². The van der Waals surface area contributed by atoms with Gasteiger partial charge in [0.1, 0.15) is 5.54 Å². The average Bonchev–Trinajstić information content (AvgIpc) is 2.55. The summed E-state index contributed by atoms with van der Waals surface area (Å²) >= 11 is 0. The van der Waals surface area contributed by atoms with Crippen LogP contribution < -0.4 is 5.73 Å². The molecular weight excluding hydrogens is 118 g/mol. The maximum absolute atomic E-state index is 9.96. The minimum Gasteiger partial charge on any atom is -0.480 e. The summed E-state index contributed by atoms with van der Waals surface area (Å²) in [5, 5.41) is 8.19. The minimum absolute atomic E-state index is 0.641. The zero-order valence-electron chi connectivity index (χ0n) is 5.26. The summed E-state index contributed by atoms with van der Waals surface area (Å²) in [6.07, 6.45) is 1.28. The van der Waals surface area contributed by atoms with Crippen LogP contribution in [0.1, 0.15) is 12.8 Å².